The van der Waals surface area contributed by atoms with E-state index in [0.29, 0.717) is 0 Å². The molecule has 0 fully saturated rings. The monoisotopic (exact) mass is 382 g/mol. The Balaban J connectivity index is 3.47. The predicted octanol–water partition coefficient (Wildman–Crippen LogP) is 8.78. The van der Waals surface area contributed by atoms with Gasteiger partial charge in [-0.25, -0.2) is 0 Å². The lowest BCUT2D eigenvalue weighted by Crippen LogP contribution is -2.13. The van der Waals surface area contributed by atoms with E-state index in [9.17, 15) is 9.90 Å². The number of hydrogen-bond donors (Lipinski definition) is 1. The molecule has 2 heteroatoms. The lowest BCUT2D eigenvalue weighted by molar-refractivity contribution is -0.142. The molecule has 1 unspecified atom stereocenters. The molecule has 0 radical (unpaired) electrons. The lowest BCUT2D eigenvalue weighted by Gasteiger charge is -2.12. The van der Waals surface area contributed by atoms with Crippen molar-refractivity contribution in [2.24, 2.45) is 11.8 Å². The van der Waals surface area contributed by atoms with E-state index in [1.165, 1.54) is 96.3 Å². The molecule has 0 saturated carbocycles. The standard InChI is InChI=1S/C25H50O2/c1-4-5-6-7-8-12-15-18-21-24(25(26)27)22-19-16-13-10-9-11-14-17-20-23(2)3/h23-24H,4-22H2,1-3H3,(H,26,27). The first-order chi connectivity index (χ1) is 13.1. The average Bonchev–Trinajstić information content (AvgIpc) is 2.63. The van der Waals surface area contributed by atoms with E-state index >= 15 is 0 Å². The third-order valence-electron chi connectivity index (χ3n) is 5.84. The highest BCUT2D eigenvalue weighted by Gasteiger charge is 2.16. The Morgan fingerprint density at radius 1 is 0.593 bits per heavy atom. The van der Waals surface area contributed by atoms with Crippen molar-refractivity contribution in [1.29, 1.82) is 0 Å². The van der Waals surface area contributed by atoms with Crippen LogP contribution in [0.1, 0.15) is 143 Å². The summed E-state index contributed by atoms with van der Waals surface area (Å²) < 4.78 is 0. The normalized spacial score (nSPS) is 12.6. The molecule has 0 aromatic carbocycles. The molecule has 27 heavy (non-hydrogen) atoms. The van der Waals surface area contributed by atoms with E-state index in [-0.39, 0.29) is 5.92 Å². The molecule has 1 atom stereocenters. The summed E-state index contributed by atoms with van der Waals surface area (Å²) in [4.78, 5) is 11.5. The van der Waals surface area contributed by atoms with Crippen molar-refractivity contribution in [2.75, 3.05) is 0 Å². The van der Waals surface area contributed by atoms with Gasteiger partial charge < -0.3 is 5.11 Å². The van der Waals surface area contributed by atoms with Crippen LogP contribution in [0.5, 0.6) is 0 Å². The van der Waals surface area contributed by atoms with Gasteiger partial charge in [0.2, 0.25) is 0 Å². The summed E-state index contributed by atoms with van der Waals surface area (Å²) in [6, 6.07) is 0. The highest BCUT2D eigenvalue weighted by molar-refractivity contribution is 5.69. The predicted molar refractivity (Wildman–Crippen MR) is 119 cm³/mol. The Bertz CT molecular complexity index is 311. The van der Waals surface area contributed by atoms with Gasteiger partial charge >= 0.3 is 5.97 Å². The zero-order valence-electron chi connectivity index (χ0n) is 18.9. The fourth-order valence-corrected chi connectivity index (χ4v) is 3.92. The molecule has 1 N–H and O–H groups in total. The topological polar surface area (TPSA) is 37.3 Å². The van der Waals surface area contributed by atoms with Crippen LogP contribution in [0.3, 0.4) is 0 Å². The molecule has 0 aromatic heterocycles. The molecule has 0 rings (SSSR count). The van der Waals surface area contributed by atoms with Gasteiger partial charge in [0.15, 0.2) is 0 Å². The summed E-state index contributed by atoms with van der Waals surface area (Å²) in [5, 5.41) is 9.44. The first-order valence-electron chi connectivity index (χ1n) is 12.3. The highest BCUT2D eigenvalue weighted by atomic mass is 16.4. The lowest BCUT2D eigenvalue weighted by atomic mass is 9.94. The zero-order chi connectivity index (χ0) is 20.2. The second-order valence-corrected chi connectivity index (χ2v) is 9.10. The van der Waals surface area contributed by atoms with E-state index in [0.717, 1.165) is 31.6 Å². The van der Waals surface area contributed by atoms with Crippen LogP contribution >= 0.6 is 0 Å². The summed E-state index contributed by atoms with van der Waals surface area (Å²) in [6.45, 7) is 6.86. The smallest absolute Gasteiger partial charge is 0.306 e. The van der Waals surface area contributed by atoms with Gasteiger partial charge in [-0.15, -0.1) is 0 Å². The van der Waals surface area contributed by atoms with Crippen molar-refractivity contribution in [3.05, 3.63) is 0 Å². The van der Waals surface area contributed by atoms with Crippen molar-refractivity contribution in [1.82, 2.24) is 0 Å². The fraction of sp³-hybridized carbons (Fsp3) is 0.960. The second kappa shape index (κ2) is 20.2. The third kappa shape index (κ3) is 20.0. The molecule has 0 aliphatic rings. The second-order valence-electron chi connectivity index (χ2n) is 9.10. The van der Waals surface area contributed by atoms with Crippen LogP contribution in [0, 0.1) is 11.8 Å². The largest absolute Gasteiger partial charge is 0.481 e. The van der Waals surface area contributed by atoms with Crippen molar-refractivity contribution < 1.29 is 9.90 Å². The molecule has 0 bridgehead atoms. The summed E-state index contributed by atoms with van der Waals surface area (Å²) >= 11 is 0. The maximum absolute atomic E-state index is 11.5. The van der Waals surface area contributed by atoms with Gasteiger partial charge in [0.1, 0.15) is 0 Å². The Morgan fingerprint density at radius 2 is 0.926 bits per heavy atom. The van der Waals surface area contributed by atoms with E-state index in [2.05, 4.69) is 20.8 Å². The molecule has 0 heterocycles. The molecular formula is C25H50O2. The maximum atomic E-state index is 11.5. The van der Waals surface area contributed by atoms with E-state index in [4.69, 9.17) is 0 Å². The molecule has 0 aromatic rings. The Morgan fingerprint density at radius 3 is 1.26 bits per heavy atom. The summed E-state index contributed by atoms with van der Waals surface area (Å²) in [6.07, 6.45) is 23.9. The van der Waals surface area contributed by atoms with E-state index in [1.54, 1.807) is 0 Å². The molecular weight excluding hydrogens is 332 g/mol. The minimum atomic E-state index is -0.567. The Labute approximate surface area is 170 Å². The van der Waals surface area contributed by atoms with Crippen LogP contribution in [0.2, 0.25) is 0 Å². The van der Waals surface area contributed by atoms with Crippen molar-refractivity contribution in [2.45, 2.75) is 143 Å². The van der Waals surface area contributed by atoms with Crippen LogP contribution in [-0.4, -0.2) is 11.1 Å². The number of hydrogen-bond acceptors (Lipinski definition) is 1. The van der Waals surface area contributed by atoms with Crippen molar-refractivity contribution in [3.8, 4) is 0 Å². The molecule has 0 amide bonds. The summed E-state index contributed by atoms with van der Waals surface area (Å²) in [5.41, 5.74) is 0. The first-order valence-corrected chi connectivity index (χ1v) is 12.3. The van der Waals surface area contributed by atoms with E-state index < -0.39 is 5.97 Å². The van der Waals surface area contributed by atoms with Gasteiger partial charge in [-0.1, -0.05) is 130 Å². The van der Waals surface area contributed by atoms with Gasteiger partial charge in [-0.05, 0) is 18.8 Å². The Hall–Kier alpha value is -0.530. The van der Waals surface area contributed by atoms with Gasteiger partial charge in [0.25, 0.3) is 0 Å². The van der Waals surface area contributed by atoms with Crippen LogP contribution in [0.25, 0.3) is 0 Å². The molecule has 0 spiro atoms. The number of rotatable bonds is 21. The van der Waals surface area contributed by atoms with Crippen LogP contribution in [0.4, 0.5) is 0 Å². The molecule has 0 saturated heterocycles. The van der Waals surface area contributed by atoms with Crippen molar-refractivity contribution >= 4 is 5.97 Å². The number of carboxylic acids is 1. The molecule has 0 aliphatic heterocycles. The van der Waals surface area contributed by atoms with Crippen molar-refractivity contribution in [3.63, 3.8) is 0 Å². The highest BCUT2D eigenvalue weighted by Crippen LogP contribution is 2.20. The Kier molecular flexibility index (Phi) is 19.8. The zero-order valence-corrected chi connectivity index (χ0v) is 18.9. The number of carbonyl (C=O) groups is 1. The summed E-state index contributed by atoms with van der Waals surface area (Å²) in [5.74, 6) is 0.183. The average molecular weight is 383 g/mol. The summed E-state index contributed by atoms with van der Waals surface area (Å²) in [7, 11) is 0. The number of aliphatic carboxylic acids is 1. The van der Waals surface area contributed by atoms with Gasteiger partial charge in [-0.2, -0.15) is 0 Å². The minimum absolute atomic E-state index is 0.0962. The third-order valence-corrected chi connectivity index (χ3v) is 5.84. The first kappa shape index (κ1) is 26.5. The van der Waals surface area contributed by atoms with Gasteiger partial charge in [-0.3, -0.25) is 4.79 Å². The minimum Gasteiger partial charge on any atom is -0.481 e. The number of carboxylic acid groups (broad SMARTS) is 1. The van der Waals surface area contributed by atoms with Crippen LogP contribution in [-0.2, 0) is 4.79 Å². The quantitative estimate of drug-likeness (QED) is 0.201. The van der Waals surface area contributed by atoms with Gasteiger partial charge in [0.05, 0.1) is 5.92 Å². The fourth-order valence-electron chi connectivity index (χ4n) is 3.92. The molecule has 162 valence electrons. The van der Waals surface area contributed by atoms with Gasteiger partial charge in [0, 0.05) is 0 Å². The SMILES string of the molecule is CCCCCCCCCCC(CCCCCCCCCCC(C)C)C(=O)O. The molecule has 0 aliphatic carbocycles. The molecule has 2 nitrogen and oxygen atoms in total. The maximum Gasteiger partial charge on any atom is 0.306 e. The van der Waals surface area contributed by atoms with Crippen LogP contribution < -0.4 is 0 Å². The number of unbranched alkanes of at least 4 members (excludes halogenated alkanes) is 14. The van der Waals surface area contributed by atoms with E-state index in [1.807, 2.05) is 0 Å². The van der Waals surface area contributed by atoms with Crippen LogP contribution in [0.15, 0.2) is 0 Å².